The fourth-order valence-electron chi connectivity index (χ4n) is 2.30. The number of aryl methyl sites for hydroxylation is 1. The van der Waals surface area contributed by atoms with Crippen molar-refractivity contribution in [3.63, 3.8) is 0 Å². The maximum absolute atomic E-state index is 5.22. The summed E-state index contributed by atoms with van der Waals surface area (Å²) in [7, 11) is 1.70. The molecule has 2 aromatic heterocycles. The predicted octanol–water partition coefficient (Wildman–Crippen LogP) is 2.73. The van der Waals surface area contributed by atoms with Crippen molar-refractivity contribution in [1.29, 1.82) is 0 Å². The first-order valence-electron chi connectivity index (χ1n) is 7.42. The lowest BCUT2D eigenvalue weighted by Crippen LogP contribution is -2.07. The minimum Gasteiger partial charge on any atom is -0.380 e. The molecule has 0 atom stereocenters. The Hall–Kier alpha value is -2.73. The summed E-state index contributed by atoms with van der Waals surface area (Å²) in [5.74, 6) is 1.42. The molecule has 0 radical (unpaired) electrons. The lowest BCUT2D eigenvalue weighted by atomic mass is 10.1. The van der Waals surface area contributed by atoms with Crippen molar-refractivity contribution in [2.45, 2.75) is 20.1 Å². The molecule has 6 heteroatoms. The van der Waals surface area contributed by atoms with Crippen LogP contribution >= 0.6 is 0 Å². The molecule has 6 nitrogen and oxygen atoms in total. The van der Waals surface area contributed by atoms with Crippen molar-refractivity contribution in [1.82, 2.24) is 20.0 Å². The van der Waals surface area contributed by atoms with Gasteiger partial charge in [-0.25, -0.2) is 4.68 Å². The van der Waals surface area contributed by atoms with E-state index in [1.54, 1.807) is 11.8 Å². The van der Waals surface area contributed by atoms with E-state index in [4.69, 9.17) is 4.74 Å². The van der Waals surface area contributed by atoms with Crippen molar-refractivity contribution in [3.05, 3.63) is 65.5 Å². The Morgan fingerprint density at radius 3 is 2.52 bits per heavy atom. The molecule has 1 N–H and O–H groups in total. The van der Waals surface area contributed by atoms with Crippen LogP contribution in [-0.2, 0) is 17.9 Å². The Balaban J connectivity index is 1.67. The Labute approximate surface area is 135 Å². The Bertz CT molecular complexity index is 767. The third kappa shape index (κ3) is 3.73. The maximum Gasteiger partial charge on any atom is 0.175 e. The van der Waals surface area contributed by atoms with Gasteiger partial charge >= 0.3 is 0 Å². The smallest absolute Gasteiger partial charge is 0.175 e. The lowest BCUT2D eigenvalue weighted by Gasteiger charge is -2.10. The van der Waals surface area contributed by atoms with Gasteiger partial charge in [0, 0.05) is 19.9 Å². The van der Waals surface area contributed by atoms with Gasteiger partial charge in [-0.2, -0.15) is 5.10 Å². The van der Waals surface area contributed by atoms with Crippen LogP contribution in [0.15, 0.2) is 48.7 Å². The summed E-state index contributed by atoms with van der Waals surface area (Å²) >= 11 is 0. The van der Waals surface area contributed by atoms with Crippen LogP contribution in [0.1, 0.15) is 16.8 Å². The average molecular weight is 309 g/mol. The number of hydrogen-bond acceptors (Lipinski definition) is 5. The molecule has 0 amide bonds. The van der Waals surface area contributed by atoms with Gasteiger partial charge in [-0.05, 0) is 36.2 Å². The Morgan fingerprint density at radius 2 is 1.87 bits per heavy atom. The van der Waals surface area contributed by atoms with Crippen LogP contribution in [0.4, 0.5) is 5.82 Å². The van der Waals surface area contributed by atoms with Crippen LogP contribution in [0.2, 0.25) is 0 Å². The molecule has 23 heavy (non-hydrogen) atoms. The van der Waals surface area contributed by atoms with Gasteiger partial charge in [0.25, 0.3) is 0 Å². The van der Waals surface area contributed by atoms with E-state index in [1.807, 2.05) is 43.5 Å². The summed E-state index contributed by atoms with van der Waals surface area (Å²) in [6.45, 7) is 3.22. The second kappa shape index (κ2) is 7.02. The van der Waals surface area contributed by atoms with E-state index in [-0.39, 0.29) is 0 Å². The van der Waals surface area contributed by atoms with E-state index in [2.05, 4.69) is 32.7 Å². The highest BCUT2D eigenvalue weighted by molar-refractivity contribution is 5.38. The number of anilines is 1. The van der Waals surface area contributed by atoms with Crippen molar-refractivity contribution >= 4 is 5.82 Å². The monoisotopic (exact) mass is 309 g/mol. The number of aromatic nitrogens is 4. The van der Waals surface area contributed by atoms with E-state index in [0.717, 1.165) is 11.5 Å². The molecule has 118 valence electrons. The van der Waals surface area contributed by atoms with Crippen LogP contribution in [-0.4, -0.2) is 27.1 Å². The van der Waals surface area contributed by atoms with Crippen molar-refractivity contribution in [2.75, 3.05) is 12.4 Å². The summed E-state index contributed by atoms with van der Waals surface area (Å²) in [5.41, 5.74) is 3.30. The minimum atomic E-state index is 0.598. The Kier molecular flexibility index (Phi) is 4.63. The van der Waals surface area contributed by atoms with E-state index >= 15 is 0 Å². The van der Waals surface area contributed by atoms with Gasteiger partial charge in [0.15, 0.2) is 5.82 Å². The summed E-state index contributed by atoms with van der Waals surface area (Å²) in [6, 6.07) is 13.9. The topological polar surface area (TPSA) is 64.9 Å². The first-order valence-corrected chi connectivity index (χ1v) is 7.42. The zero-order valence-corrected chi connectivity index (χ0v) is 13.2. The summed E-state index contributed by atoms with van der Waals surface area (Å²) < 4.78 is 6.93. The zero-order valence-electron chi connectivity index (χ0n) is 13.2. The quantitative estimate of drug-likeness (QED) is 0.758. The number of hydrogen-bond donors (Lipinski definition) is 1. The molecule has 0 spiro atoms. The second-order valence-electron chi connectivity index (χ2n) is 5.23. The molecule has 0 aliphatic heterocycles. The fraction of sp³-hybridized carbons (Fsp3) is 0.235. The molecule has 0 aliphatic rings. The van der Waals surface area contributed by atoms with E-state index in [1.165, 1.54) is 11.1 Å². The molecule has 0 fully saturated rings. The second-order valence-corrected chi connectivity index (χ2v) is 5.23. The molecule has 0 saturated carbocycles. The van der Waals surface area contributed by atoms with Crippen LogP contribution in [0.5, 0.6) is 0 Å². The average Bonchev–Trinajstić information content (AvgIpc) is 3.01. The molecule has 0 bridgehead atoms. The highest BCUT2D eigenvalue weighted by Crippen LogP contribution is 2.13. The Morgan fingerprint density at radius 1 is 1.04 bits per heavy atom. The number of rotatable bonds is 6. The molecule has 3 aromatic rings. The van der Waals surface area contributed by atoms with Crippen molar-refractivity contribution in [2.24, 2.45) is 0 Å². The van der Waals surface area contributed by atoms with Crippen molar-refractivity contribution < 1.29 is 4.74 Å². The predicted molar refractivity (Wildman–Crippen MR) is 88.4 cm³/mol. The normalized spacial score (nSPS) is 10.7. The van der Waals surface area contributed by atoms with Crippen LogP contribution in [0.3, 0.4) is 0 Å². The van der Waals surface area contributed by atoms with Crippen molar-refractivity contribution in [3.8, 4) is 5.82 Å². The third-order valence-corrected chi connectivity index (χ3v) is 3.49. The van der Waals surface area contributed by atoms with Crippen LogP contribution < -0.4 is 5.32 Å². The number of nitrogens with zero attached hydrogens (tertiary/aromatic N) is 4. The minimum absolute atomic E-state index is 0.598. The first kappa shape index (κ1) is 15.2. The zero-order chi connectivity index (χ0) is 16.1. The first-order chi connectivity index (χ1) is 11.3. The van der Waals surface area contributed by atoms with Gasteiger partial charge in [-0.1, -0.05) is 24.3 Å². The van der Waals surface area contributed by atoms with E-state index in [9.17, 15) is 0 Å². The fourth-order valence-corrected chi connectivity index (χ4v) is 2.30. The molecular weight excluding hydrogens is 290 g/mol. The number of methoxy groups -OCH3 is 1. The van der Waals surface area contributed by atoms with Gasteiger partial charge in [-0.3, -0.25) is 0 Å². The van der Waals surface area contributed by atoms with E-state index < -0.39 is 0 Å². The van der Waals surface area contributed by atoms with Crippen LogP contribution in [0, 0.1) is 6.92 Å². The summed E-state index contributed by atoms with van der Waals surface area (Å²) in [6.07, 6.45) is 1.87. The SMILES string of the molecule is COCc1ccccc1CNc1ccc(-n2ccc(C)n2)nn1. The summed E-state index contributed by atoms with van der Waals surface area (Å²) in [5, 5.41) is 16.0. The summed E-state index contributed by atoms with van der Waals surface area (Å²) in [4.78, 5) is 0. The van der Waals surface area contributed by atoms with Gasteiger partial charge in [0.2, 0.25) is 0 Å². The van der Waals surface area contributed by atoms with Gasteiger partial charge in [-0.15, -0.1) is 10.2 Å². The number of ether oxygens (including phenoxy) is 1. The van der Waals surface area contributed by atoms with E-state index in [0.29, 0.717) is 19.0 Å². The highest BCUT2D eigenvalue weighted by Gasteiger charge is 2.04. The highest BCUT2D eigenvalue weighted by atomic mass is 16.5. The molecular formula is C17H19N5O. The largest absolute Gasteiger partial charge is 0.380 e. The molecule has 0 aliphatic carbocycles. The number of nitrogens with one attached hydrogen (secondary N) is 1. The molecule has 1 aromatic carbocycles. The van der Waals surface area contributed by atoms with Crippen LogP contribution in [0.25, 0.3) is 5.82 Å². The van der Waals surface area contributed by atoms with Gasteiger partial charge in [0.1, 0.15) is 5.82 Å². The molecule has 3 rings (SSSR count). The molecule has 0 unspecified atom stereocenters. The third-order valence-electron chi connectivity index (χ3n) is 3.49. The van der Waals surface area contributed by atoms with Gasteiger partial charge < -0.3 is 10.1 Å². The molecule has 2 heterocycles. The standard InChI is InChI=1S/C17H19N5O/c1-13-9-10-22(21-13)17-8-7-16(19-20-17)18-11-14-5-3-4-6-15(14)12-23-2/h3-10H,11-12H2,1-2H3,(H,18,19). The maximum atomic E-state index is 5.22. The number of benzene rings is 1. The molecule has 0 saturated heterocycles. The lowest BCUT2D eigenvalue weighted by molar-refractivity contribution is 0.184. The van der Waals surface area contributed by atoms with Gasteiger partial charge in [0.05, 0.1) is 12.3 Å².